The van der Waals surface area contributed by atoms with Crippen LogP contribution in [0.2, 0.25) is 0 Å². The normalized spacial score (nSPS) is 11.3. The molecule has 0 aliphatic rings. The molecule has 2 aromatic heterocycles. The first kappa shape index (κ1) is 23.4. The van der Waals surface area contributed by atoms with E-state index in [1.807, 2.05) is 6.92 Å². The molecule has 0 saturated carbocycles. The first-order valence-electron chi connectivity index (χ1n) is 8.88. The van der Waals surface area contributed by atoms with Gasteiger partial charge in [-0.3, -0.25) is 14.3 Å². The van der Waals surface area contributed by atoms with E-state index in [1.165, 1.54) is 4.90 Å². The maximum absolute atomic E-state index is 12.7. The van der Waals surface area contributed by atoms with Crippen molar-refractivity contribution in [2.45, 2.75) is 33.0 Å². The predicted molar refractivity (Wildman–Crippen MR) is 104 cm³/mol. The van der Waals surface area contributed by atoms with E-state index in [-0.39, 0.29) is 28.0 Å². The Morgan fingerprint density at radius 1 is 1.30 bits per heavy atom. The number of hydrogen-bond acceptors (Lipinski definition) is 6. The number of aromatic nitrogens is 2. The molecule has 164 valence electrons. The molecule has 0 aliphatic carbocycles. The number of ether oxygens (including phenoxy) is 1. The van der Waals surface area contributed by atoms with Crippen molar-refractivity contribution in [3.63, 3.8) is 0 Å². The number of halogens is 3. The second kappa shape index (κ2) is 9.28. The summed E-state index contributed by atoms with van der Waals surface area (Å²) < 4.78 is 43.9. The van der Waals surface area contributed by atoms with E-state index in [4.69, 9.17) is 4.74 Å². The summed E-state index contributed by atoms with van der Waals surface area (Å²) in [6, 6.07) is 0.754. The minimum Gasteiger partial charge on any atom is -0.462 e. The number of esters is 1. The molecule has 0 saturated heterocycles. The van der Waals surface area contributed by atoms with Crippen molar-refractivity contribution < 1.29 is 32.3 Å². The summed E-state index contributed by atoms with van der Waals surface area (Å²) in [5, 5.41) is 5.89. The lowest BCUT2D eigenvalue weighted by atomic mass is 10.1. The lowest BCUT2D eigenvalue weighted by molar-refractivity contribution is -0.141. The molecule has 0 atom stereocenters. The number of amides is 2. The molecule has 12 heteroatoms. The monoisotopic (exact) mass is 446 g/mol. The molecule has 30 heavy (non-hydrogen) atoms. The molecule has 0 radical (unpaired) electrons. The largest absolute Gasteiger partial charge is 0.462 e. The van der Waals surface area contributed by atoms with Crippen LogP contribution in [0.25, 0.3) is 0 Å². The molecule has 0 aromatic carbocycles. The van der Waals surface area contributed by atoms with Crippen LogP contribution in [0.1, 0.15) is 44.6 Å². The third-order valence-corrected chi connectivity index (χ3v) is 5.07. The van der Waals surface area contributed by atoms with E-state index in [0.717, 1.165) is 28.3 Å². The number of thiophene rings is 1. The number of nitrogens with zero attached hydrogens (tertiary/aromatic N) is 3. The van der Waals surface area contributed by atoms with Crippen molar-refractivity contribution in [1.29, 1.82) is 0 Å². The Balaban J connectivity index is 2.29. The summed E-state index contributed by atoms with van der Waals surface area (Å²) in [5.74, 6) is -1.76. The topological polar surface area (TPSA) is 93.5 Å². The first-order chi connectivity index (χ1) is 14.0. The van der Waals surface area contributed by atoms with Crippen LogP contribution in [-0.2, 0) is 22.3 Å². The van der Waals surface area contributed by atoms with Gasteiger partial charge in [0.15, 0.2) is 5.69 Å². The fourth-order valence-corrected chi connectivity index (χ4v) is 3.67. The predicted octanol–water partition coefficient (Wildman–Crippen LogP) is 3.18. The summed E-state index contributed by atoms with van der Waals surface area (Å²) in [6.45, 7) is 3.03. The van der Waals surface area contributed by atoms with E-state index in [9.17, 15) is 27.6 Å². The van der Waals surface area contributed by atoms with Crippen molar-refractivity contribution in [2.75, 3.05) is 26.0 Å². The van der Waals surface area contributed by atoms with E-state index >= 15 is 0 Å². The molecule has 2 aromatic rings. The minimum atomic E-state index is -4.62. The Morgan fingerprint density at radius 2 is 1.97 bits per heavy atom. The number of carbonyl (C=O) groups is 3. The maximum Gasteiger partial charge on any atom is 0.435 e. The summed E-state index contributed by atoms with van der Waals surface area (Å²) in [5.41, 5.74) is -0.720. The highest BCUT2D eigenvalue weighted by Crippen LogP contribution is 2.34. The minimum absolute atomic E-state index is 0.0449. The van der Waals surface area contributed by atoms with Gasteiger partial charge in [-0.2, -0.15) is 18.3 Å². The van der Waals surface area contributed by atoms with E-state index in [0.29, 0.717) is 12.0 Å². The summed E-state index contributed by atoms with van der Waals surface area (Å²) in [6.07, 6.45) is -3.01. The Morgan fingerprint density at radius 3 is 2.50 bits per heavy atom. The van der Waals surface area contributed by atoms with Crippen LogP contribution in [0.5, 0.6) is 0 Å². The van der Waals surface area contributed by atoms with Gasteiger partial charge in [-0.05, 0) is 25.0 Å². The Bertz CT molecular complexity index is 950. The van der Waals surface area contributed by atoms with Gasteiger partial charge in [0.2, 0.25) is 5.91 Å². The van der Waals surface area contributed by atoms with Gasteiger partial charge in [-0.15, -0.1) is 11.3 Å². The maximum atomic E-state index is 12.7. The number of carbonyl (C=O) groups excluding carboxylic acids is 3. The quantitative estimate of drug-likeness (QED) is 0.660. The number of rotatable bonds is 7. The molecular weight excluding hydrogens is 425 g/mol. The molecule has 0 unspecified atom stereocenters. The number of hydrogen-bond donors (Lipinski definition) is 1. The molecule has 2 amide bonds. The second-order valence-electron chi connectivity index (χ2n) is 6.54. The van der Waals surface area contributed by atoms with Crippen LogP contribution in [0, 0.1) is 6.92 Å². The lowest BCUT2D eigenvalue weighted by Gasteiger charge is -2.09. The van der Waals surface area contributed by atoms with Crippen LogP contribution < -0.4 is 5.32 Å². The zero-order valence-corrected chi connectivity index (χ0v) is 17.6. The van der Waals surface area contributed by atoms with Gasteiger partial charge < -0.3 is 15.0 Å². The van der Waals surface area contributed by atoms with Crippen LogP contribution in [0.4, 0.5) is 18.2 Å². The third kappa shape index (κ3) is 5.38. The average Bonchev–Trinajstić information content (AvgIpc) is 3.23. The lowest BCUT2D eigenvalue weighted by Crippen LogP contribution is -2.21. The van der Waals surface area contributed by atoms with Crippen LogP contribution >= 0.6 is 11.3 Å². The fraction of sp³-hybridized carbons (Fsp3) is 0.444. The Labute approximate surface area is 174 Å². The molecule has 0 bridgehead atoms. The van der Waals surface area contributed by atoms with Crippen molar-refractivity contribution in [3.05, 3.63) is 34.0 Å². The van der Waals surface area contributed by atoms with Gasteiger partial charge in [0.25, 0.3) is 5.91 Å². The Kier molecular flexibility index (Phi) is 7.24. The van der Waals surface area contributed by atoms with Gasteiger partial charge >= 0.3 is 12.1 Å². The molecule has 1 N–H and O–H groups in total. The van der Waals surface area contributed by atoms with E-state index in [1.54, 1.807) is 21.0 Å². The summed E-state index contributed by atoms with van der Waals surface area (Å²) in [4.78, 5) is 38.8. The molecule has 0 aliphatic heterocycles. The molecule has 8 nitrogen and oxygen atoms in total. The van der Waals surface area contributed by atoms with Gasteiger partial charge in [0, 0.05) is 20.3 Å². The smallest absolute Gasteiger partial charge is 0.435 e. The molecule has 0 spiro atoms. The molecule has 2 rings (SSSR count). The molecule has 2 heterocycles. The molecule has 0 fully saturated rings. The molecular formula is C18H21F3N4O4S. The van der Waals surface area contributed by atoms with Gasteiger partial charge in [0.1, 0.15) is 11.5 Å². The Hall–Kier alpha value is -2.89. The second-order valence-corrected chi connectivity index (χ2v) is 7.56. The average molecular weight is 446 g/mol. The number of anilines is 1. The van der Waals surface area contributed by atoms with E-state index < -0.39 is 30.3 Å². The van der Waals surface area contributed by atoms with Crippen LogP contribution in [-0.4, -0.2) is 53.2 Å². The highest BCUT2D eigenvalue weighted by molar-refractivity contribution is 7.18. The van der Waals surface area contributed by atoms with Crippen molar-refractivity contribution in [1.82, 2.24) is 14.7 Å². The van der Waals surface area contributed by atoms with E-state index in [2.05, 4.69) is 10.4 Å². The van der Waals surface area contributed by atoms with Gasteiger partial charge in [-0.1, -0.05) is 6.92 Å². The third-order valence-electron chi connectivity index (χ3n) is 3.88. The summed E-state index contributed by atoms with van der Waals surface area (Å²) >= 11 is 0.899. The number of nitrogens with one attached hydrogen (secondary N) is 1. The van der Waals surface area contributed by atoms with Crippen molar-refractivity contribution in [2.24, 2.45) is 0 Å². The first-order valence-corrected chi connectivity index (χ1v) is 9.70. The van der Waals surface area contributed by atoms with Crippen molar-refractivity contribution in [3.8, 4) is 0 Å². The SMILES string of the molecule is CCCOC(=O)c1c(NC(=O)Cn2ccc(C(F)(F)F)n2)sc(C(=O)N(C)C)c1C. The van der Waals surface area contributed by atoms with Crippen LogP contribution in [0.3, 0.4) is 0 Å². The standard InChI is InChI=1S/C18H21F3N4O4S/c1-5-8-29-17(28)13-10(2)14(16(27)24(3)4)30-15(13)22-12(26)9-25-7-6-11(23-25)18(19,20)21/h6-7H,5,8-9H2,1-4H3,(H,22,26). The van der Waals surface area contributed by atoms with Gasteiger partial charge in [-0.25, -0.2) is 4.79 Å². The van der Waals surface area contributed by atoms with Crippen molar-refractivity contribution >= 4 is 34.1 Å². The highest BCUT2D eigenvalue weighted by Gasteiger charge is 2.34. The zero-order valence-electron chi connectivity index (χ0n) is 16.8. The van der Waals surface area contributed by atoms with Gasteiger partial charge in [0.05, 0.1) is 17.0 Å². The zero-order chi connectivity index (χ0) is 22.6. The summed E-state index contributed by atoms with van der Waals surface area (Å²) in [7, 11) is 3.09. The number of alkyl halides is 3. The highest BCUT2D eigenvalue weighted by atomic mass is 32.1. The van der Waals surface area contributed by atoms with Crippen LogP contribution in [0.15, 0.2) is 12.3 Å². The fourth-order valence-electron chi connectivity index (χ4n) is 2.44.